The van der Waals surface area contributed by atoms with Gasteiger partial charge in [0.1, 0.15) is 5.82 Å². The standard InChI is InChI=1S/C17H17ClFNO/c18-13-6-4-11(5-7-13)15-8-9-16(20-15)17(21)12-2-1-3-14(19)10-12/h1-7,10,15-17,20-21H,8-9H2/t15-,16+,17-/m0/s1. The molecular weight excluding hydrogens is 289 g/mol. The van der Waals surface area contributed by atoms with Crippen LogP contribution in [0.3, 0.4) is 0 Å². The summed E-state index contributed by atoms with van der Waals surface area (Å²) >= 11 is 5.90. The second-order valence-corrected chi connectivity index (χ2v) is 5.89. The Bertz CT molecular complexity index is 616. The van der Waals surface area contributed by atoms with Crippen LogP contribution in [0.5, 0.6) is 0 Å². The molecule has 3 atom stereocenters. The number of nitrogens with one attached hydrogen (secondary N) is 1. The largest absolute Gasteiger partial charge is 0.387 e. The molecule has 2 aromatic rings. The van der Waals surface area contributed by atoms with Gasteiger partial charge >= 0.3 is 0 Å². The molecule has 1 heterocycles. The van der Waals surface area contributed by atoms with Crippen LogP contribution in [0, 0.1) is 5.82 Å². The lowest BCUT2D eigenvalue weighted by atomic mass is 10.0. The molecule has 110 valence electrons. The lowest BCUT2D eigenvalue weighted by molar-refractivity contribution is 0.135. The van der Waals surface area contributed by atoms with Crippen LogP contribution in [0.1, 0.15) is 36.1 Å². The van der Waals surface area contributed by atoms with Gasteiger partial charge in [0.05, 0.1) is 6.10 Å². The number of aliphatic hydroxyl groups excluding tert-OH is 1. The van der Waals surface area contributed by atoms with Crippen molar-refractivity contribution in [2.45, 2.75) is 31.0 Å². The van der Waals surface area contributed by atoms with E-state index in [0.29, 0.717) is 10.6 Å². The van der Waals surface area contributed by atoms with Gasteiger partial charge in [-0.3, -0.25) is 0 Å². The number of rotatable bonds is 3. The lowest BCUT2D eigenvalue weighted by Gasteiger charge is -2.20. The maximum atomic E-state index is 13.2. The molecule has 1 aliphatic heterocycles. The highest BCUT2D eigenvalue weighted by Crippen LogP contribution is 2.32. The highest BCUT2D eigenvalue weighted by atomic mass is 35.5. The predicted octanol–water partition coefficient (Wildman–Crippen LogP) is 4.01. The van der Waals surface area contributed by atoms with Gasteiger partial charge in [0.15, 0.2) is 0 Å². The summed E-state index contributed by atoms with van der Waals surface area (Å²) in [5.41, 5.74) is 1.78. The van der Waals surface area contributed by atoms with Crippen LogP contribution >= 0.6 is 11.6 Å². The molecule has 21 heavy (non-hydrogen) atoms. The van der Waals surface area contributed by atoms with E-state index in [9.17, 15) is 9.50 Å². The van der Waals surface area contributed by atoms with Gasteiger partial charge in [-0.15, -0.1) is 0 Å². The SMILES string of the molecule is O[C@@H](c1cccc(F)c1)[C@H]1CC[C@@H](c2ccc(Cl)cc2)N1. The molecule has 0 unspecified atom stereocenters. The topological polar surface area (TPSA) is 32.3 Å². The molecule has 0 saturated carbocycles. The van der Waals surface area contributed by atoms with Crippen molar-refractivity contribution in [3.63, 3.8) is 0 Å². The minimum atomic E-state index is -0.696. The van der Waals surface area contributed by atoms with Crippen molar-refractivity contribution < 1.29 is 9.50 Å². The highest BCUT2D eigenvalue weighted by Gasteiger charge is 2.30. The Kier molecular flexibility index (Phi) is 4.24. The summed E-state index contributed by atoms with van der Waals surface area (Å²) in [6.45, 7) is 0. The molecular formula is C17H17ClFNO. The molecule has 0 bridgehead atoms. The number of hydrogen-bond donors (Lipinski definition) is 2. The van der Waals surface area contributed by atoms with Crippen molar-refractivity contribution in [1.29, 1.82) is 0 Å². The molecule has 0 aliphatic carbocycles. The first-order valence-corrected chi connectivity index (χ1v) is 7.46. The fourth-order valence-corrected chi connectivity index (χ4v) is 3.03. The van der Waals surface area contributed by atoms with Gasteiger partial charge in [-0.25, -0.2) is 4.39 Å². The van der Waals surface area contributed by atoms with Gasteiger partial charge in [0.25, 0.3) is 0 Å². The van der Waals surface area contributed by atoms with E-state index in [1.165, 1.54) is 12.1 Å². The monoisotopic (exact) mass is 305 g/mol. The van der Waals surface area contributed by atoms with Crippen LogP contribution < -0.4 is 5.32 Å². The van der Waals surface area contributed by atoms with E-state index in [1.54, 1.807) is 12.1 Å². The normalized spacial score (nSPS) is 23.2. The average Bonchev–Trinajstić information content (AvgIpc) is 2.97. The highest BCUT2D eigenvalue weighted by molar-refractivity contribution is 6.30. The summed E-state index contributed by atoms with van der Waals surface area (Å²) in [5, 5.41) is 14.5. The van der Waals surface area contributed by atoms with Crippen molar-refractivity contribution in [3.8, 4) is 0 Å². The van der Waals surface area contributed by atoms with Crippen molar-refractivity contribution in [2.75, 3.05) is 0 Å². The number of halogens is 2. The van der Waals surface area contributed by atoms with Gasteiger partial charge in [-0.1, -0.05) is 35.9 Å². The third-order valence-electron chi connectivity index (χ3n) is 4.03. The Hall–Kier alpha value is -1.42. The zero-order chi connectivity index (χ0) is 14.8. The molecule has 2 nitrogen and oxygen atoms in total. The quantitative estimate of drug-likeness (QED) is 0.898. The van der Waals surface area contributed by atoms with E-state index in [1.807, 2.05) is 24.3 Å². The fraction of sp³-hybridized carbons (Fsp3) is 0.294. The predicted molar refractivity (Wildman–Crippen MR) is 81.7 cm³/mol. The van der Waals surface area contributed by atoms with Crippen LogP contribution in [0.2, 0.25) is 5.02 Å². The third-order valence-corrected chi connectivity index (χ3v) is 4.28. The first kappa shape index (κ1) is 14.5. The molecule has 2 N–H and O–H groups in total. The summed E-state index contributed by atoms with van der Waals surface area (Å²) < 4.78 is 13.2. The van der Waals surface area contributed by atoms with Gasteiger partial charge in [-0.2, -0.15) is 0 Å². The van der Waals surface area contributed by atoms with Crippen molar-refractivity contribution >= 4 is 11.6 Å². The van der Waals surface area contributed by atoms with Crippen molar-refractivity contribution in [3.05, 3.63) is 70.5 Å². The van der Waals surface area contributed by atoms with Gasteiger partial charge in [-0.05, 0) is 48.2 Å². The van der Waals surface area contributed by atoms with E-state index in [2.05, 4.69) is 5.32 Å². The maximum absolute atomic E-state index is 13.2. The number of hydrogen-bond acceptors (Lipinski definition) is 2. The minimum Gasteiger partial charge on any atom is -0.387 e. The Labute approximate surface area is 128 Å². The van der Waals surface area contributed by atoms with Gasteiger partial charge in [0.2, 0.25) is 0 Å². The number of aliphatic hydroxyl groups is 1. The van der Waals surface area contributed by atoms with E-state index in [4.69, 9.17) is 11.6 Å². The maximum Gasteiger partial charge on any atom is 0.123 e. The molecule has 1 fully saturated rings. The second kappa shape index (κ2) is 6.14. The zero-order valence-electron chi connectivity index (χ0n) is 11.5. The Morgan fingerprint density at radius 2 is 1.90 bits per heavy atom. The molecule has 3 rings (SSSR count). The van der Waals surface area contributed by atoms with Gasteiger partial charge in [0, 0.05) is 17.1 Å². The number of benzene rings is 2. The molecule has 2 aromatic carbocycles. The van der Waals surface area contributed by atoms with Crippen molar-refractivity contribution in [2.24, 2.45) is 0 Å². The van der Waals surface area contributed by atoms with Crippen LogP contribution in [0.4, 0.5) is 4.39 Å². The minimum absolute atomic E-state index is 0.0625. The van der Waals surface area contributed by atoms with Crippen LogP contribution in [0.15, 0.2) is 48.5 Å². The van der Waals surface area contributed by atoms with Crippen LogP contribution in [0.25, 0.3) is 0 Å². The molecule has 1 saturated heterocycles. The zero-order valence-corrected chi connectivity index (χ0v) is 12.2. The Balaban J connectivity index is 1.70. The molecule has 0 spiro atoms. The molecule has 1 aliphatic rings. The van der Waals surface area contributed by atoms with Crippen LogP contribution in [-0.2, 0) is 0 Å². The van der Waals surface area contributed by atoms with E-state index in [-0.39, 0.29) is 17.9 Å². The molecule has 0 radical (unpaired) electrons. The Morgan fingerprint density at radius 3 is 2.62 bits per heavy atom. The second-order valence-electron chi connectivity index (χ2n) is 5.45. The summed E-state index contributed by atoms with van der Waals surface area (Å²) in [6.07, 6.45) is 1.10. The molecule has 0 aromatic heterocycles. The van der Waals surface area contributed by atoms with Gasteiger partial charge < -0.3 is 10.4 Å². The first-order valence-electron chi connectivity index (χ1n) is 7.08. The summed E-state index contributed by atoms with van der Waals surface area (Å²) in [5.74, 6) is -0.321. The summed E-state index contributed by atoms with van der Waals surface area (Å²) in [7, 11) is 0. The third kappa shape index (κ3) is 3.26. The van der Waals surface area contributed by atoms with E-state index >= 15 is 0 Å². The first-order chi connectivity index (χ1) is 10.1. The van der Waals surface area contributed by atoms with E-state index in [0.717, 1.165) is 18.4 Å². The molecule has 0 amide bonds. The van der Waals surface area contributed by atoms with Crippen LogP contribution in [-0.4, -0.2) is 11.1 Å². The molecule has 4 heteroatoms. The fourth-order valence-electron chi connectivity index (χ4n) is 2.90. The lowest BCUT2D eigenvalue weighted by Crippen LogP contribution is -2.30. The Morgan fingerprint density at radius 1 is 1.14 bits per heavy atom. The smallest absolute Gasteiger partial charge is 0.123 e. The summed E-state index contributed by atoms with van der Waals surface area (Å²) in [6, 6.07) is 14.0. The van der Waals surface area contributed by atoms with E-state index < -0.39 is 6.10 Å². The van der Waals surface area contributed by atoms with Crippen molar-refractivity contribution in [1.82, 2.24) is 5.32 Å². The summed E-state index contributed by atoms with van der Waals surface area (Å²) in [4.78, 5) is 0. The average molecular weight is 306 g/mol.